The topological polar surface area (TPSA) is 58.3 Å². The van der Waals surface area contributed by atoms with Crippen molar-refractivity contribution >= 4 is 0 Å². The fourth-order valence-corrected chi connectivity index (χ4v) is 1.35. The Labute approximate surface area is 91.1 Å². The minimum atomic E-state index is -1.50. The fourth-order valence-electron chi connectivity index (χ4n) is 1.35. The van der Waals surface area contributed by atoms with Crippen LogP contribution >= 0.6 is 0 Å². The van der Waals surface area contributed by atoms with Gasteiger partial charge in [0.1, 0.15) is 0 Å². The molecule has 16 heavy (non-hydrogen) atoms. The zero-order chi connectivity index (χ0) is 12.1. The molecule has 4 N–H and O–H groups in total. The first kappa shape index (κ1) is 13.0. The molecule has 0 aromatic heterocycles. The molecule has 1 atom stereocenters. The lowest BCUT2D eigenvalue weighted by molar-refractivity contribution is 0.285. The van der Waals surface area contributed by atoms with Gasteiger partial charge in [0.05, 0.1) is 6.61 Å². The van der Waals surface area contributed by atoms with Gasteiger partial charge in [0.25, 0.3) is 0 Å². The molecule has 1 aromatic rings. The number of nitrogens with two attached hydrogens (primary N) is 1. The van der Waals surface area contributed by atoms with Crippen molar-refractivity contribution in [1.29, 1.82) is 0 Å². The highest BCUT2D eigenvalue weighted by Crippen LogP contribution is 2.18. The summed E-state index contributed by atoms with van der Waals surface area (Å²) in [7, 11) is 0. The molecule has 0 heterocycles. The maximum atomic E-state index is 12.9. The maximum Gasteiger partial charge on any atom is 0.194 e. The van der Waals surface area contributed by atoms with Gasteiger partial charge in [0.15, 0.2) is 17.5 Å². The predicted octanol–water partition coefficient (Wildman–Crippen LogP) is 0.686. The third-order valence-electron chi connectivity index (χ3n) is 2.15. The van der Waals surface area contributed by atoms with Gasteiger partial charge in [0, 0.05) is 19.1 Å². The highest BCUT2D eigenvalue weighted by molar-refractivity contribution is 5.23. The maximum absolute atomic E-state index is 12.9. The minimum absolute atomic E-state index is 0.0878. The Morgan fingerprint density at radius 1 is 1.25 bits per heavy atom. The summed E-state index contributed by atoms with van der Waals surface area (Å²) in [4.78, 5) is 0. The van der Waals surface area contributed by atoms with E-state index in [1.165, 1.54) is 0 Å². The van der Waals surface area contributed by atoms with Crippen LogP contribution in [0, 0.1) is 17.5 Å². The van der Waals surface area contributed by atoms with Gasteiger partial charge in [-0.1, -0.05) is 0 Å². The first-order chi connectivity index (χ1) is 7.60. The molecule has 6 heteroatoms. The molecule has 1 unspecified atom stereocenters. The number of aliphatic hydroxyl groups excluding tert-OH is 1. The number of aliphatic hydroxyl groups is 1. The number of hydrogen-bond acceptors (Lipinski definition) is 3. The summed E-state index contributed by atoms with van der Waals surface area (Å²) in [5.74, 6) is -4.00. The third-order valence-corrected chi connectivity index (χ3v) is 2.15. The molecule has 90 valence electrons. The van der Waals surface area contributed by atoms with E-state index in [0.717, 1.165) is 12.1 Å². The molecule has 0 bridgehead atoms. The normalized spacial score (nSPS) is 12.8. The fraction of sp³-hybridized carbons (Fsp3) is 0.400. The molecule has 0 spiro atoms. The number of rotatable bonds is 5. The molecule has 0 amide bonds. The molecule has 3 nitrogen and oxygen atoms in total. The van der Waals surface area contributed by atoms with E-state index < -0.39 is 23.5 Å². The Kier molecular flexibility index (Phi) is 4.72. The van der Waals surface area contributed by atoms with Crippen LogP contribution in [0.3, 0.4) is 0 Å². The second-order valence-corrected chi connectivity index (χ2v) is 3.26. The van der Waals surface area contributed by atoms with Crippen molar-refractivity contribution in [2.75, 3.05) is 19.7 Å². The second kappa shape index (κ2) is 5.83. The van der Waals surface area contributed by atoms with Gasteiger partial charge < -0.3 is 16.2 Å². The van der Waals surface area contributed by atoms with Crippen LogP contribution in [0.15, 0.2) is 12.1 Å². The summed E-state index contributed by atoms with van der Waals surface area (Å²) in [6, 6.07) is 1.26. The summed E-state index contributed by atoms with van der Waals surface area (Å²) in [6.07, 6.45) is 0. The molecule has 0 aliphatic carbocycles. The van der Waals surface area contributed by atoms with Gasteiger partial charge in [-0.3, -0.25) is 0 Å². The molecule has 0 saturated heterocycles. The quantitative estimate of drug-likeness (QED) is 0.657. The highest BCUT2D eigenvalue weighted by Gasteiger charge is 2.15. The predicted molar refractivity (Wildman–Crippen MR) is 53.2 cm³/mol. The Balaban J connectivity index is 2.92. The third kappa shape index (κ3) is 2.94. The van der Waals surface area contributed by atoms with Crippen LogP contribution in [0.1, 0.15) is 11.6 Å². The zero-order valence-electron chi connectivity index (χ0n) is 8.51. The number of hydrogen-bond donors (Lipinski definition) is 3. The van der Waals surface area contributed by atoms with E-state index in [2.05, 4.69) is 5.32 Å². The first-order valence-electron chi connectivity index (χ1n) is 4.79. The molecule has 0 fully saturated rings. The smallest absolute Gasteiger partial charge is 0.194 e. The van der Waals surface area contributed by atoms with Crippen molar-refractivity contribution in [3.8, 4) is 0 Å². The van der Waals surface area contributed by atoms with Crippen molar-refractivity contribution in [3.63, 3.8) is 0 Å². The van der Waals surface area contributed by atoms with Gasteiger partial charge in [-0.15, -0.1) is 0 Å². The minimum Gasteiger partial charge on any atom is -0.395 e. The largest absolute Gasteiger partial charge is 0.395 e. The van der Waals surface area contributed by atoms with Crippen LogP contribution in [-0.4, -0.2) is 24.8 Å². The zero-order valence-corrected chi connectivity index (χ0v) is 8.51. The Bertz CT molecular complexity index is 337. The Morgan fingerprint density at radius 2 is 1.81 bits per heavy atom. The van der Waals surface area contributed by atoms with Gasteiger partial charge in [-0.05, 0) is 17.7 Å². The Morgan fingerprint density at radius 3 is 2.25 bits per heavy atom. The van der Waals surface area contributed by atoms with E-state index in [1.54, 1.807) is 0 Å². The first-order valence-corrected chi connectivity index (χ1v) is 4.79. The monoisotopic (exact) mass is 234 g/mol. The van der Waals surface area contributed by atoms with E-state index >= 15 is 0 Å². The molecular formula is C10H13F3N2O. The van der Waals surface area contributed by atoms with Crippen LogP contribution in [-0.2, 0) is 0 Å². The highest BCUT2D eigenvalue weighted by atomic mass is 19.2. The molecule has 0 saturated carbocycles. The SMILES string of the molecule is NCC(NCCO)c1cc(F)c(F)c(F)c1. The van der Waals surface area contributed by atoms with E-state index in [9.17, 15) is 13.2 Å². The van der Waals surface area contributed by atoms with Crippen LogP contribution in [0.2, 0.25) is 0 Å². The summed E-state index contributed by atoms with van der Waals surface area (Å²) in [5, 5.41) is 11.4. The van der Waals surface area contributed by atoms with Crippen LogP contribution in [0.5, 0.6) is 0 Å². The van der Waals surface area contributed by atoms with Crippen LogP contribution in [0.4, 0.5) is 13.2 Å². The van der Waals surface area contributed by atoms with E-state index in [1.807, 2.05) is 0 Å². The van der Waals surface area contributed by atoms with Crippen molar-refractivity contribution in [2.24, 2.45) is 5.73 Å². The summed E-state index contributed by atoms with van der Waals surface area (Å²) in [5.41, 5.74) is 5.62. The van der Waals surface area contributed by atoms with Gasteiger partial charge >= 0.3 is 0 Å². The molecule has 1 rings (SSSR count). The van der Waals surface area contributed by atoms with Gasteiger partial charge in [0.2, 0.25) is 0 Å². The lowest BCUT2D eigenvalue weighted by atomic mass is 10.1. The lowest BCUT2D eigenvalue weighted by Gasteiger charge is -2.16. The van der Waals surface area contributed by atoms with Crippen molar-refractivity contribution in [3.05, 3.63) is 35.1 Å². The number of benzene rings is 1. The average molecular weight is 234 g/mol. The van der Waals surface area contributed by atoms with E-state index in [4.69, 9.17) is 10.8 Å². The molecule has 0 radical (unpaired) electrons. The Hall–Kier alpha value is -1.11. The molecule has 0 aliphatic rings. The number of halogens is 3. The molecule has 0 aliphatic heterocycles. The summed E-state index contributed by atoms with van der Waals surface area (Å²) in [6.45, 7) is 0.204. The van der Waals surface area contributed by atoms with Crippen LogP contribution < -0.4 is 11.1 Å². The summed E-state index contributed by atoms with van der Waals surface area (Å²) < 4.78 is 38.5. The average Bonchev–Trinajstić information content (AvgIpc) is 2.26. The van der Waals surface area contributed by atoms with Crippen molar-refractivity contribution < 1.29 is 18.3 Å². The van der Waals surface area contributed by atoms with Crippen molar-refractivity contribution in [1.82, 2.24) is 5.32 Å². The second-order valence-electron chi connectivity index (χ2n) is 3.26. The lowest BCUT2D eigenvalue weighted by Crippen LogP contribution is -2.30. The molecular weight excluding hydrogens is 221 g/mol. The standard InChI is InChI=1S/C10H13F3N2O/c11-7-3-6(4-8(12)10(7)13)9(5-14)15-1-2-16/h3-4,9,15-16H,1-2,5,14H2. The van der Waals surface area contributed by atoms with Crippen molar-refractivity contribution in [2.45, 2.75) is 6.04 Å². The molecule has 1 aromatic carbocycles. The number of nitrogens with one attached hydrogen (secondary N) is 1. The van der Waals surface area contributed by atoms with Gasteiger partial charge in [-0.25, -0.2) is 13.2 Å². The van der Waals surface area contributed by atoms with Gasteiger partial charge in [-0.2, -0.15) is 0 Å². The van der Waals surface area contributed by atoms with Crippen LogP contribution in [0.25, 0.3) is 0 Å². The summed E-state index contributed by atoms with van der Waals surface area (Å²) >= 11 is 0. The van der Waals surface area contributed by atoms with E-state index in [-0.39, 0.29) is 25.3 Å². The van der Waals surface area contributed by atoms with E-state index in [0.29, 0.717) is 0 Å².